The number of methoxy groups -OCH3 is 3. The topological polar surface area (TPSA) is 88.9 Å². The van der Waals surface area contributed by atoms with Crippen LogP contribution in [0, 0.1) is 6.92 Å². The third-order valence-corrected chi connectivity index (χ3v) is 6.44. The van der Waals surface area contributed by atoms with E-state index in [1.54, 1.807) is 13.0 Å². The van der Waals surface area contributed by atoms with Crippen LogP contribution in [0.2, 0.25) is 0 Å². The van der Waals surface area contributed by atoms with Crippen LogP contribution >= 0.6 is 11.8 Å². The monoisotopic (exact) mass is 486 g/mol. The predicted octanol–water partition coefficient (Wildman–Crippen LogP) is 4.54. The van der Waals surface area contributed by atoms with E-state index in [1.807, 2.05) is 38.1 Å². The normalized spacial score (nSPS) is 11.8. The van der Waals surface area contributed by atoms with Crippen molar-refractivity contribution in [3.05, 3.63) is 46.2 Å². The van der Waals surface area contributed by atoms with Gasteiger partial charge in [0.25, 0.3) is 5.56 Å². The molecule has 0 radical (unpaired) electrons. The van der Waals surface area contributed by atoms with Crippen LogP contribution in [0.1, 0.15) is 32.3 Å². The molecule has 0 spiro atoms. The molecule has 0 bridgehead atoms. The maximum atomic E-state index is 13.9. The third kappa shape index (κ3) is 4.99. The summed E-state index contributed by atoms with van der Waals surface area (Å²) < 4.78 is 23.3. The second-order valence-electron chi connectivity index (χ2n) is 7.56. The average Bonchev–Trinajstić information content (AvgIpc) is 2.82. The van der Waals surface area contributed by atoms with E-state index in [2.05, 4.69) is 0 Å². The lowest BCUT2D eigenvalue weighted by atomic mass is 10.2. The zero-order chi connectivity index (χ0) is 24.8. The molecule has 1 heterocycles. The van der Waals surface area contributed by atoms with Crippen LogP contribution in [0.25, 0.3) is 16.6 Å². The number of esters is 1. The van der Waals surface area contributed by atoms with Gasteiger partial charge < -0.3 is 18.9 Å². The Morgan fingerprint density at radius 2 is 1.82 bits per heavy atom. The summed E-state index contributed by atoms with van der Waals surface area (Å²) in [5, 5.41) is 0.153. The van der Waals surface area contributed by atoms with E-state index < -0.39 is 5.25 Å². The number of rotatable bonds is 10. The lowest BCUT2D eigenvalue weighted by molar-refractivity contribution is -0.142. The predicted molar refractivity (Wildman–Crippen MR) is 133 cm³/mol. The Bertz CT molecular complexity index is 1240. The van der Waals surface area contributed by atoms with Crippen molar-refractivity contribution in [3.63, 3.8) is 0 Å². The minimum Gasteiger partial charge on any atom is -0.493 e. The fourth-order valence-corrected chi connectivity index (χ4v) is 4.90. The lowest BCUT2D eigenvalue weighted by Gasteiger charge is -2.20. The quantitative estimate of drug-likeness (QED) is 0.234. The number of carbonyl (C=O) groups excluding carboxylic acids is 1. The molecule has 0 aliphatic heterocycles. The molecule has 0 aliphatic carbocycles. The first-order chi connectivity index (χ1) is 16.4. The Labute approximate surface area is 203 Å². The molecular weight excluding hydrogens is 456 g/mol. The first-order valence-electron chi connectivity index (χ1n) is 11.1. The van der Waals surface area contributed by atoms with Crippen molar-refractivity contribution in [2.24, 2.45) is 0 Å². The second kappa shape index (κ2) is 11.3. The fourth-order valence-electron chi connectivity index (χ4n) is 3.69. The molecule has 0 fully saturated rings. The van der Waals surface area contributed by atoms with E-state index in [-0.39, 0.29) is 23.9 Å². The van der Waals surface area contributed by atoms with E-state index in [4.69, 9.17) is 23.9 Å². The highest BCUT2D eigenvalue weighted by molar-refractivity contribution is 8.00. The molecule has 0 unspecified atom stereocenters. The average molecular weight is 487 g/mol. The van der Waals surface area contributed by atoms with E-state index in [0.717, 1.165) is 12.0 Å². The van der Waals surface area contributed by atoms with Crippen LogP contribution in [-0.2, 0) is 9.53 Å². The van der Waals surface area contributed by atoms with Gasteiger partial charge in [-0.05, 0) is 44.0 Å². The number of hydrogen-bond acceptors (Lipinski definition) is 8. The number of aromatic nitrogens is 2. The summed E-state index contributed by atoms with van der Waals surface area (Å²) in [7, 11) is 4.47. The van der Waals surface area contributed by atoms with Crippen molar-refractivity contribution in [2.45, 2.75) is 44.0 Å². The van der Waals surface area contributed by atoms with Crippen LogP contribution in [-0.4, -0.2) is 48.7 Å². The largest absolute Gasteiger partial charge is 0.493 e. The van der Waals surface area contributed by atoms with Gasteiger partial charge in [0.1, 0.15) is 10.8 Å². The summed E-state index contributed by atoms with van der Waals surface area (Å²) in [6, 6.07) is 9.16. The van der Waals surface area contributed by atoms with Crippen LogP contribution in [0.5, 0.6) is 17.2 Å². The summed E-state index contributed by atoms with van der Waals surface area (Å²) in [5.74, 6) is 0.649. The standard InChI is InChI=1S/C25H30N2O6S/c1-7-10-19(24(29)33-8-2)34-25-26-20-17(14-18(30-4)21(31-5)22(20)32-6)23(28)27(25)16-12-9-11-15(3)13-16/h9,11-14,19H,7-8,10H2,1-6H3/t19-/m1/s1. The van der Waals surface area contributed by atoms with Gasteiger partial charge in [-0.1, -0.05) is 37.2 Å². The smallest absolute Gasteiger partial charge is 0.319 e. The Morgan fingerprint density at radius 3 is 2.41 bits per heavy atom. The first kappa shape index (κ1) is 25.4. The first-order valence-corrected chi connectivity index (χ1v) is 11.9. The van der Waals surface area contributed by atoms with Gasteiger partial charge in [0.05, 0.1) is 39.0 Å². The molecule has 34 heavy (non-hydrogen) atoms. The van der Waals surface area contributed by atoms with Crippen LogP contribution in [0.15, 0.2) is 40.3 Å². The molecular formula is C25H30N2O6S. The molecule has 1 atom stereocenters. The van der Waals surface area contributed by atoms with Crippen molar-refractivity contribution in [1.82, 2.24) is 9.55 Å². The molecule has 3 rings (SSSR count). The number of benzene rings is 2. The highest BCUT2D eigenvalue weighted by Crippen LogP contribution is 2.42. The van der Waals surface area contributed by atoms with Crippen molar-refractivity contribution >= 4 is 28.6 Å². The number of thioether (sulfide) groups is 1. The fraction of sp³-hybridized carbons (Fsp3) is 0.400. The molecule has 0 saturated heterocycles. The Balaban J connectivity index is 2.37. The maximum absolute atomic E-state index is 13.9. The zero-order valence-electron chi connectivity index (χ0n) is 20.3. The van der Waals surface area contributed by atoms with Crippen molar-refractivity contribution in [2.75, 3.05) is 27.9 Å². The van der Waals surface area contributed by atoms with Gasteiger partial charge in [0, 0.05) is 0 Å². The number of fused-ring (bicyclic) bond motifs is 1. The van der Waals surface area contributed by atoms with Gasteiger partial charge in [0.15, 0.2) is 16.7 Å². The van der Waals surface area contributed by atoms with Gasteiger partial charge in [-0.25, -0.2) is 4.98 Å². The van der Waals surface area contributed by atoms with Gasteiger partial charge in [-0.2, -0.15) is 0 Å². The molecule has 2 aromatic carbocycles. The van der Waals surface area contributed by atoms with Crippen LogP contribution in [0.4, 0.5) is 0 Å². The minimum atomic E-state index is -0.517. The van der Waals surface area contributed by atoms with Gasteiger partial charge in [-0.3, -0.25) is 14.2 Å². The number of aryl methyl sites for hydroxylation is 1. The number of carbonyl (C=O) groups is 1. The van der Waals surface area contributed by atoms with Crippen LogP contribution in [0.3, 0.4) is 0 Å². The SMILES string of the molecule is CCC[C@@H](Sc1nc2c(OC)c(OC)c(OC)cc2c(=O)n1-c1cccc(C)c1)C(=O)OCC. The minimum absolute atomic E-state index is 0.278. The summed E-state index contributed by atoms with van der Waals surface area (Å²) in [4.78, 5) is 31.4. The van der Waals surface area contributed by atoms with Crippen molar-refractivity contribution in [1.29, 1.82) is 0 Å². The molecule has 8 nitrogen and oxygen atoms in total. The molecule has 182 valence electrons. The second-order valence-corrected chi connectivity index (χ2v) is 8.73. The number of nitrogens with zero attached hydrogens (tertiary/aromatic N) is 2. The summed E-state index contributed by atoms with van der Waals surface area (Å²) in [6.07, 6.45) is 1.35. The van der Waals surface area contributed by atoms with Crippen molar-refractivity contribution in [3.8, 4) is 22.9 Å². The Morgan fingerprint density at radius 1 is 1.09 bits per heavy atom. The third-order valence-electron chi connectivity index (χ3n) is 5.24. The van der Waals surface area contributed by atoms with E-state index in [9.17, 15) is 9.59 Å². The van der Waals surface area contributed by atoms with E-state index >= 15 is 0 Å². The highest BCUT2D eigenvalue weighted by atomic mass is 32.2. The van der Waals surface area contributed by atoms with Crippen LogP contribution < -0.4 is 19.8 Å². The van der Waals surface area contributed by atoms with Crippen molar-refractivity contribution < 1.29 is 23.7 Å². The lowest BCUT2D eigenvalue weighted by Crippen LogP contribution is -2.26. The summed E-state index contributed by atoms with van der Waals surface area (Å²) in [6.45, 7) is 5.99. The maximum Gasteiger partial charge on any atom is 0.319 e. The molecule has 9 heteroatoms. The van der Waals surface area contributed by atoms with Gasteiger partial charge >= 0.3 is 5.97 Å². The number of hydrogen-bond donors (Lipinski definition) is 0. The number of ether oxygens (including phenoxy) is 4. The molecule has 1 aromatic heterocycles. The molecule has 3 aromatic rings. The summed E-state index contributed by atoms with van der Waals surface area (Å²) >= 11 is 1.21. The van der Waals surface area contributed by atoms with Gasteiger partial charge in [-0.15, -0.1) is 0 Å². The Hall–Kier alpha value is -3.20. The molecule has 0 N–H and O–H groups in total. The van der Waals surface area contributed by atoms with E-state index in [1.165, 1.54) is 37.7 Å². The summed E-state index contributed by atoms with van der Waals surface area (Å²) in [5.41, 5.74) is 1.66. The molecule has 0 amide bonds. The molecule has 0 saturated carbocycles. The molecule has 0 aliphatic rings. The zero-order valence-corrected chi connectivity index (χ0v) is 21.2. The van der Waals surface area contributed by atoms with E-state index in [0.29, 0.717) is 39.7 Å². The van der Waals surface area contributed by atoms with Gasteiger partial charge in [0.2, 0.25) is 5.75 Å². The Kier molecular flexibility index (Phi) is 8.44. The highest BCUT2D eigenvalue weighted by Gasteiger charge is 2.27.